The SMILES string of the molecule is C[C@@H]1CN(C(=O)c2cc3ccc(-c4cnc5nn(C)cc5c4)nc3s2)CCO1. The van der Waals surface area contributed by atoms with Crippen LogP contribution < -0.4 is 0 Å². The molecule has 4 aromatic rings. The average Bonchev–Trinajstić information content (AvgIpc) is 3.28. The molecule has 0 aromatic carbocycles. The molecule has 0 unspecified atom stereocenters. The van der Waals surface area contributed by atoms with Gasteiger partial charge in [0.15, 0.2) is 5.65 Å². The zero-order valence-electron chi connectivity index (χ0n) is 15.6. The molecule has 1 fully saturated rings. The van der Waals surface area contributed by atoms with Crippen molar-refractivity contribution in [2.75, 3.05) is 19.7 Å². The van der Waals surface area contributed by atoms with E-state index < -0.39 is 0 Å². The molecule has 0 saturated carbocycles. The lowest BCUT2D eigenvalue weighted by Gasteiger charge is -2.30. The van der Waals surface area contributed by atoms with Gasteiger partial charge in [0, 0.05) is 48.9 Å². The van der Waals surface area contributed by atoms with E-state index in [1.807, 2.05) is 49.3 Å². The summed E-state index contributed by atoms with van der Waals surface area (Å²) in [7, 11) is 1.88. The Labute approximate surface area is 165 Å². The Bertz CT molecular complexity index is 1200. The van der Waals surface area contributed by atoms with Crippen LogP contribution in [-0.4, -0.2) is 56.4 Å². The normalized spacial score (nSPS) is 17.5. The van der Waals surface area contributed by atoms with E-state index in [9.17, 15) is 4.79 Å². The summed E-state index contributed by atoms with van der Waals surface area (Å²) in [4.78, 5) is 25.5. The van der Waals surface area contributed by atoms with Crippen molar-refractivity contribution in [2.24, 2.45) is 7.05 Å². The van der Waals surface area contributed by atoms with Crippen LogP contribution in [-0.2, 0) is 11.8 Å². The highest BCUT2D eigenvalue weighted by Crippen LogP contribution is 2.29. The van der Waals surface area contributed by atoms with Crippen LogP contribution in [0.15, 0.2) is 36.7 Å². The third kappa shape index (κ3) is 3.04. The van der Waals surface area contributed by atoms with Crippen molar-refractivity contribution >= 4 is 38.5 Å². The van der Waals surface area contributed by atoms with E-state index >= 15 is 0 Å². The van der Waals surface area contributed by atoms with Gasteiger partial charge in [-0.3, -0.25) is 9.48 Å². The van der Waals surface area contributed by atoms with Gasteiger partial charge in [0.1, 0.15) is 4.83 Å². The maximum Gasteiger partial charge on any atom is 0.264 e. The minimum atomic E-state index is 0.0538. The van der Waals surface area contributed by atoms with Crippen LogP contribution in [0.2, 0.25) is 0 Å². The van der Waals surface area contributed by atoms with Crippen molar-refractivity contribution in [3.63, 3.8) is 0 Å². The van der Waals surface area contributed by atoms with E-state index in [4.69, 9.17) is 9.72 Å². The monoisotopic (exact) mass is 393 g/mol. The fourth-order valence-electron chi connectivity index (χ4n) is 3.52. The molecular formula is C20H19N5O2S. The second kappa shape index (κ2) is 6.65. The number of fused-ring (bicyclic) bond motifs is 2. The molecular weight excluding hydrogens is 374 g/mol. The third-order valence-corrected chi connectivity index (χ3v) is 5.92. The average molecular weight is 393 g/mol. The van der Waals surface area contributed by atoms with Crippen molar-refractivity contribution in [3.8, 4) is 11.3 Å². The largest absolute Gasteiger partial charge is 0.375 e. The number of rotatable bonds is 2. The summed E-state index contributed by atoms with van der Waals surface area (Å²) in [6.07, 6.45) is 3.81. The molecule has 1 saturated heterocycles. The quantitative estimate of drug-likeness (QED) is 0.523. The van der Waals surface area contributed by atoms with Crippen LogP contribution in [0.4, 0.5) is 0 Å². The van der Waals surface area contributed by atoms with Crippen molar-refractivity contribution in [2.45, 2.75) is 13.0 Å². The summed E-state index contributed by atoms with van der Waals surface area (Å²) < 4.78 is 7.29. The molecule has 0 aliphatic carbocycles. The molecule has 1 aliphatic heterocycles. The predicted octanol–water partition coefficient (Wildman–Crippen LogP) is 3.11. The van der Waals surface area contributed by atoms with Gasteiger partial charge in [-0.05, 0) is 31.2 Å². The van der Waals surface area contributed by atoms with Gasteiger partial charge in [0.2, 0.25) is 0 Å². The van der Waals surface area contributed by atoms with Crippen LogP contribution >= 0.6 is 11.3 Å². The van der Waals surface area contributed by atoms with Gasteiger partial charge in [-0.25, -0.2) is 9.97 Å². The lowest BCUT2D eigenvalue weighted by Crippen LogP contribution is -2.44. The fraction of sp³-hybridized carbons (Fsp3) is 0.300. The van der Waals surface area contributed by atoms with E-state index in [0.717, 1.165) is 37.4 Å². The smallest absolute Gasteiger partial charge is 0.264 e. The van der Waals surface area contributed by atoms with Gasteiger partial charge >= 0.3 is 0 Å². The van der Waals surface area contributed by atoms with E-state index in [2.05, 4.69) is 10.1 Å². The second-order valence-electron chi connectivity index (χ2n) is 7.07. The number of pyridine rings is 2. The molecule has 1 atom stereocenters. The van der Waals surface area contributed by atoms with E-state index in [-0.39, 0.29) is 12.0 Å². The molecule has 1 aliphatic rings. The molecule has 0 bridgehead atoms. The van der Waals surface area contributed by atoms with E-state index in [1.54, 1.807) is 10.9 Å². The first-order valence-corrected chi connectivity index (χ1v) is 10.00. The first kappa shape index (κ1) is 17.3. The molecule has 0 radical (unpaired) electrons. The molecule has 0 spiro atoms. The summed E-state index contributed by atoms with van der Waals surface area (Å²) in [5.74, 6) is 0.0538. The molecule has 5 rings (SSSR count). The maximum absolute atomic E-state index is 12.9. The van der Waals surface area contributed by atoms with Gasteiger partial charge in [0.25, 0.3) is 5.91 Å². The fourth-order valence-corrected chi connectivity index (χ4v) is 4.51. The molecule has 28 heavy (non-hydrogen) atoms. The summed E-state index contributed by atoms with van der Waals surface area (Å²) in [5.41, 5.74) is 2.49. The number of aryl methyl sites for hydroxylation is 1. The van der Waals surface area contributed by atoms with Crippen molar-refractivity contribution in [1.82, 2.24) is 24.6 Å². The Morgan fingerprint density at radius 3 is 3.04 bits per heavy atom. The number of carbonyl (C=O) groups excluding carboxylic acids is 1. The van der Waals surface area contributed by atoms with Crippen LogP contribution in [0.5, 0.6) is 0 Å². The predicted molar refractivity (Wildman–Crippen MR) is 108 cm³/mol. The van der Waals surface area contributed by atoms with Gasteiger partial charge in [0.05, 0.1) is 23.3 Å². The number of nitrogens with zero attached hydrogens (tertiary/aromatic N) is 5. The van der Waals surface area contributed by atoms with Crippen LogP contribution in [0.3, 0.4) is 0 Å². The Kier molecular flexibility index (Phi) is 4.10. The first-order chi connectivity index (χ1) is 13.6. The number of amides is 1. The number of hydrogen-bond acceptors (Lipinski definition) is 6. The Balaban J connectivity index is 1.48. The maximum atomic E-state index is 12.9. The van der Waals surface area contributed by atoms with Crippen molar-refractivity contribution in [3.05, 3.63) is 41.5 Å². The highest BCUT2D eigenvalue weighted by molar-refractivity contribution is 7.20. The Morgan fingerprint density at radius 1 is 1.29 bits per heavy atom. The molecule has 5 heterocycles. The molecule has 1 amide bonds. The Hall–Kier alpha value is -2.84. The summed E-state index contributed by atoms with van der Waals surface area (Å²) in [5, 5.41) is 6.26. The van der Waals surface area contributed by atoms with Crippen LogP contribution in [0, 0.1) is 0 Å². The molecule has 8 heteroatoms. The molecule has 0 N–H and O–H groups in total. The lowest BCUT2D eigenvalue weighted by atomic mass is 10.1. The molecule has 4 aromatic heterocycles. The topological polar surface area (TPSA) is 73.1 Å². The van der Waals surface area contributed by atoms with Gasteiger partial charge in [-0.1, -0.05) is 0 Å². The van der Waals surface area contributed by atoms with Crippen molar-refractivity contribution in [1.29, 1.82) is 0 Å². The second-order valence-corrected chi connectivity index (χ2v) is 8.10. The number of hydrogen-bond donors (Lipinski definition) is 0. The number of carbonyl (C=O) groups is 1. The summed E-state index contributed by atoms with van der Waals surface area (Å²) in [6.45, 7) is 3.84. The first-order valence-electron chi connectivity index (χ1n) is 9.18. The number of ether oxygens (including phenoxy) is 1. The van der Waals surface area contributed by atoms with Crippen LogP contribution in [0.1, 0.15) is 16.6 Å². The number of morpholine rings is 1. The van der Waals surface area contributed by atoms with Gasteiger partial charge in [-0.2, -0.15) is 5.10 Å². The highest BCUT2D eigenvalue weighted by Gasteiger charge is 2.24. The Morgan fingerprint density at radius 2 is 2.18 bits per heavy atom. The molecule has 142 valence electrons. The molecule has 7 nitrogen and oxygen atoms in total. The highest BCUT2D eigenvalue weighted by atomic mass is 32.1. The summed E-state index contributed by atoms with van der Waals surface area (Å²) >= 11 is 1.44. The van der Waals surface area contributed by atoms with Gasteiger partial charge < -0.3 is 9.64 Å². The van der Waals surface area contributed by atoms with E-state index in [1.165, 1.54) is 11.3 Å². The zero-order chi connectivity index (χ0) is 19.3. The summed E-state index contributed by atoms with van der Waals surface area (Å²) in [6, 6.07) is 7.96. The van der Waals surface area contributed by atoms with Crippen molar-refractivity contribution < 1.29 is 9.53 Å². The minimum Gasteiger partial charge on any atom is -0.375 e. The number of thiophene rings is 1. The van der Waals surface area contributed by atoms with Gasteiger partial charge in [-0.15, -0.1) is 11.3 Å². The minimum absolute atomic E-state index is 0.0538. The van der Waals surface area contributed by atoms with Crippen LogP contribution in [0.25, 0.3) is 32.5 Å². The lowest BCUT2D eigenvalue weighted by molar-refractivity contribution is -0.0122. The third-order valence-electron chi connectivity index (χ3n) is 4.89. The zero-order valence-corrected chi connectivity index (χ0v) is 16.4. The van der Waals surface area contributed by atoms with E-state index in [0.29, 0.717) is 19.7 Å². The standard InChI is InChI=1S/C20H19N5O2S/c1-12-10-25(5-6-27-12)20(26)17-8-13-3-4-16(22-19(13)28-17)14-7-15-11-24(2)23-18(15)21-9-14/h3-4,7-9,11-12H,5-6,10H2,1-2H3/t12-/m1/s1. The number of aromatic nitrogens is 4.